The number of piperidine rings is 1. The van der Waals surface area contributed by atoms with Crippen LogP contribution in [0.4, 0.5) is 4.39 Å². The van der Waals surface area contributed by atoms with E-state index in [0.717, 1.165) is 31.4 Å². The predicted octanol–water partition coefficient (Wildman–Crippen LogP) is 4.29. The minimum Gasteiger partial charge on any atom is -0.451 e. The summed E-state index contributed by atoms with van der Waals surface area (Å²) >= 11 is 1.28. The number of hydrogen-bond acceptors (Lipinski definition) is 5. The number of amides is 1. The Morgan fingerprint density at radius 1 is 1.14 bits per heavy atom. The lowest BCUT2D eigenvalue weighted by Crippen LogP contribution is -2.50. The van der Waals surface area contributed by atoms with Gasteiger partial charge in [0.2, 0.25) is 0 Å². The molecule has 1 aromatic carbocycles. The maximum atomic E-state index is 13.0. The van der Waals surface area contributed by atoms with Gasteiger partial charge in [0.15, 0.2) is 12.3 Å². The lowest BCUT2D eigenvalue weighted by molar-refractivity contribution is -0.140. The first kappa shape index (κ1) is 19.1. The molecule has 2 atom stereocenters. The molecule has 4 rings (SSSR count). The first-order valence-electron chi connectivity index (χ1n) is 9.80. The molecule has 2 fully saturated rings. The number of benzene rings is 1. The van der Waals surface area contributed by atoms with E-state index in [-0.39, 0.29) is 24.0 Å². The third kappa shape index (κ3) is 4.09. The van der Waals surface area contributed by atoms with Crippen LogP contribution >= 0.6 is 11.3 Å². The fourth-order valence-electron chi connectivity index (χ4n) is 4.31. The maximum absolute atomic E-state index is 13.0. The van der Waals surface area contributed by atoms with E-state index in [9.17, 15) is 14.0 Å². The van der Waals surface area contributed by atoms with Gasteiger partial charge in [-0.15, -0.1) is 11.3 Å². The van der Waals surface area contributed by atoms with Gasteiger partial charge in [0, 0.05) is 23.5 Å². The normalized spacial score (nSPS) is 21.8. The number of nitrogens with zero attached hydrogens (tertiary/aromatic N) is 2. The third-order valence-electron chi connectivity index (χ3n) is 5.69. The fourth-order valence-corrected chi connectivity index (χ4v) is 5.11. The molecular formula is C21H23FN2O3S. The number of hydrogen-bond donors (Lipinski definition) is 0. The molecule has 1 saturated carbocycles. The van der Waals surface area contributed by atoms with E-state index in [1.807, 2.05) is 4.90 Å². The predicted molar refractivity (Wildman–Crippen MR) is 104 cm³/mol. The Labute approximate surface area is 167 Å². The number of carbonyl (C=O) groups excluding carboxylic acids is 2. The molecule has 2 heterocycles. The van der Waals surface area contributed by atoms with Gasteiger partial charge in [0.25, 0.3) is 5.91 Å². The van der Waals surface area contributed by atoms with Crippen molar-refractivity contribution in [3.05, 3.63) is 41.2 Å². The fraction of sp³-hybridized carbons (Fsp3) is 0.476. The topological polar surface area (TPSA) is 59.5 Å². The number of aromatic nitrogens is 1. The molecule has 0 N–H and O–H groups in total. The number of fused-ring (bicyclic) bond motifs is 1. The second kappa shape index (κ2) is 8.39. The Kier molecular flexibility index (Phi) is 5.71. The monoisotopic (exact) mass is 402 g/mol. The molecule has 28 heavy (non-hydrogen) atoms. The zero-order valence-electron chi connectivity index (χ0n) is 15.6. The van der Waals surface area contributed by atoms with Crippen LogP contribution in [-0.2, 0) is 9.53 Å². The van der Waals surface area contributed by atoms with Gasteiger partial charge in [-0.3, -0.25) is 4.79 Å². The Balaban J connectivity index is 1.35. The van der Waals surface area contributed by atoms with Gasteiger partial charge < -0.3 is 9.64 Å². The molecule has 5 nitrogen and oxygen atoms in total. The molecule has 1 amide bonds. The number of halogens is 1. The lowest BCUT2D eigenvalue weighted by atomic mass is 9.78. The van der Waals surface area contributed by atoms with Gasteiger partial charge in [0.1, 0.15) is 10.8 Å². The molecule has 148 valence electrons. The standard InChI is InChI=1S/C21H23FN2O3S/c22-16-9-7-15(8-10-16)20-23-17(13-28-20)21(26)27-12-19(25)24-11-3-5-14-4-1-2-6-18(14)24/h7-10,13-14,18H,1-6,11-12H2/t14-,18-/m1/s1. The zero-order valence-corrected chi connectivity index (χ0v) is 16.4. The summed E-state index contributed by atoms with van der Waals surface area (Å²) in [7, 11) is 0. The van der Waals surface area contributed by atoms with Gasteiger partial charge >= 0.3 is 5.97 Å². The van der Waals surface area contributed by atoms with Crippen molar-refractivity contribution in [3.8, 4) is 10.6 Å². The van der Waals surface area contributed by atoms with E-state index < -0.39 is 5.97 Å². The van der Waals surface area contributed by atoms with Crippen LogP contribution in [-0.4, -0.2) is 41.0 Å². The van der Waals surface area contributed by atoms with Crippen molar-refractivity contribution in [2.45, 2.75) is 44.6 Å². The van der Waals surface area contributed by atoms with E-state index in [2.05, 4.69) is 4.98 Å². The largest absolute Gasteiger partial charge is 0.451 e. The molecular weight excluding hydrogens is 379 g/mol. The van der Waals surface area contributed by atoms with Crippen molar-refractivity contribution in [2.75, 3.05) is 13.2 Å². The molecule has 7 heteroatoms. The van der Waals surface area contributed by atoms with Crippen molar-refractivity contribution in [2.24, 2.45) is 5.92 Å². The van der Waals surface area contributed by atoms with Gasteiger partial charge in [0.05, 0.1) is 0 Å². The molecule has 0 spiro atoms. The van der Waals surface area contributed by atoms with Crippen LogP contribution in [0.3, 0.4) is 0 Å². The van der Waals surface area contributed by atoms with Crippen LogP contribution in [0.15, 0.2) is 29.6 Å². The minimum atomic E-state index is -0.602. The molecule has 1 aliphatic carbocycles. The van der Waals surface area contributed by atoms with E-state index in [4.69, 9.17) is 4.74 Å². The summed E-state index contributed by atoms with van der Waals surface area (Å²) in [5.74, 6) is -0.440. The van der Waals surface area contributed by atoms with Crippen LogP contribution in [0.2, 0.25) is 0 Å². The van der Waals surface area contributed by atoms with Crippen molar-refractivity contribution in [1.82, 2.24) is 9.88 Å². The molecule has 1 aliphatic heterocycles. The molecule has 2 aromatic rings. The van der Waals surface area contributed by atoms with Crippen molar-refractivity contribution in [3.63, 3.8) is 0 Å². The summed E-state index contributed by atoms with van der Waals surface area (Å²) in [6, 6.07) is 6.24. The van der Waals surface area contributed by atoms with Gasteiger partial charge in [-0.05, 0) is 55.9 Å². The number of esters is 1. The lowest BCUT2D eigenvalue weighted by Gasteiger charge is -2.44. The number of likely N-dealkylation sites (tertiary alicyclic amines) is 1. The zero-order chi connectivity index (χ0) is 19.5. The summed E-state index contributed by atoms with van der Waals surface area (Å²) < 4.78 is 18.3. The van der Waals surface area contributed by atoms with Crippen LogP contribution in [0.25, 0.3) is 10.6 Å². The van der Waals surface area contributed by atoms with Crippen molar-refractivity contribution < 1.29 is 18.7 Å². The smallest absolute Gasteiger partial charge is 0.358 e. The summed E-state index contributed by atoms with van der Waals surface area (Å²) in [4.78, 5) is 31.1. The van der Waals surface area contributed by atoms with Gasteiger partial charge in [-0.1, -0.05) is 12.8 Å². The summed E-state index contributed by atoms with van der Waals surface area (Å²) in [5.41, 5.74) is 0.907. The molecule has 1 aromatic heterocycles. The first-order valence-corrected chi connectivity index (χ1v) is 10.7. The van der Waals surface area contributed by atoms with Crippen LogP contribution < -0.4 is 0 Å². The molecule has 2 aliphatic rings. The second-order valence-electron chi connectivity index (χ2n) is 7.46. The molecule has 0 unspecified atom stereocenters. The van der Waals surface area contributed by atoms with Crippen LogP contribution in [0, 0.1) is 11.7 Å². The average molecular weight is 402 g/mol. The SMILES string of the molecule is O=C(OCC(=O)N1CCC[C@H]2CCCC[C@H]21)c1csc(-c2ccc(F)cc2)n1. The van der Waals surface area contributed by atoms with Crippen molar-refractivity contribution >= 4 is 23.2 Å². The van der Waals surface area contributed by atoms with Crippen LogP contribution in [0.1, 0.15) is 49.0 Å². The molecule has 1 saturated heterocycles. The van der Waals surface area contributed by atoms with Gasteiger partial charge in [-0.2, -0.15) is 0 Å². The Bertz CT molecular complexity index is 850. The Morgan fingerprint density at radius 3 is 2.71 bits per heavy atom. The molecule has 0 bridgehead atoms. The first-order chi connectivity index (χ1) is 13.6. The quantitative estimate of drug-likeness (QED) is 0.716. The summed E-state index contributed by atoms with van der Waals surface area (Å²) in [6.45, 7) is 0.508. The highest BCUT2D eigenvalue weighted by atomic mass is 32.1. The number of carbonyl (C=O) groups is 2. The number of ether oxygens (including phenoxy) is 1. The van der Waals surface area contributed by atoms with Crippen molar-refractivity contribution in [1.29, 1.82) is 0 Å². The van der Waals surface area contributed by atoms with E-state index in [1.165, 1.54) is 42.7 Å². The Hall–Kier alpha value is -2.28. The van der Waals surface area contributed by atoms with Gasteiger partial charge in [-0.25, -0.2) is 14.2 Å². The van der Waals surface area contributed by atoms with Crippen LogP contribution in [0.5, 0.6) is 0 Å². The van der Waals surface area contributed by atoms with E-state index in [0.29, 0.717) is 17.0 Å². The highest BCUT2D eigenvalue weighted by Crippen LogP contribution is 2.35. The average Bonchev–Trinajstić information content (AvgIpc) is 3.22. The highest BCUT2D eigenvalue weighted by molar-refractivity contribution is 7.13. The second-order valence-corrected chi connectivity index (χ2v) is 8.32. The number of thiazole rings is 1. The number of rotatable bonds is 4. The minimum absolute atomic E-state index is 0.112. The summed E-state index contributed by atoms with van der Waals surface area (Å²) in [5, 5.41) is 2.21. The van der Waals surface area contributed by atoms with E-state index in [1.54, 1.807) is 17.5 Å². The Morgan fingerprint density at radius 2 is 1.89 bits per heavy atom. The highest BCUT2D eigenvalue weighted by Gasteiger charge is 2.35. The summed E-state index contributed by atoms with van der Waals surface area (Å²) in [6.07, 6.45) is 6.87. The maximum Gasteiger partial charge on any atom is 0.358 e. The molecule has 0 radical (unpaired) electrons. The third-order valence-corrected chi connectivity index (χ3v) is 6.59. The van der Waals surface area contributed by atoms with E-state index >= 15 is 0 Å².